The van der Waals surface area contributed by atoms with Crippen molar-refractivity contribution in [3.8, 4) is 0 Å². The summed E-state index contributed by atoms with van der Waals surface area (Å²) in [5, 5.41) is 14.0. The fraction of sp³-hybridized carbons (Fsp3) is 0.308. The highest BCUT2D eigenvalue weighted by atomic mass is 79.9. The van der Waals surface area contributed by atoms with Crippen LogP contribution < -0.4 is 5.32 Å². The van der Waals surface area contributed by atoms with Gasteiger partial charge in [-0.2, -0.15) is 0 Å². The molecular weight excluding hydrogens is 316 g/mol. The van der Waals surface area contributed by atoms with Crippen molar-refractivity contribution in [3.63, 3.8) is 0 Å². The zero-order valence-corrected chi connectivity index (χ0v) is 12.3. The molecule has 0 amide bonds. The minimum absolute atomic E-state index is 0.308. The number of benzene rings is 1. The molecule has 3 nitrogen and oxygen atoms in total. The highest BCUT2D eigenvalue weighted by Crippen LogP contribution is 2.27. The Labute approximate surface area is 119 Å². The quantitative estimate of drug-likeness (QED) is 0.896. The second-order valence-corrected chi connectivity index (χ2v) is 5.54. The molecule has 2 rings (SSSR count). The molecule has 0 radical (unpaired) electrons. The molecule has 96 valence electrons. The summed E-state index contributed by atoms with van der Waals surface area (Å²) in [5.74, 6) is 0.771. The summed E-state index contributed by atoms with van der Waals surface area (Å²) >= 11 is 9.56. The second kappa shape index (κ2) is 5.87. The Morgan fingerprint density at radius 1 is 1.44 bits per heavy atom. The molecular formula is C13H14BrClN2O. The largest absolute Gasteiger partial charge is 0.393 e. The number of anilines is 1. The van der Waals surface area contributed by atoms with Gasteiger partial charge in [0, 0.05) is 16.4 Å². The number of hydrogen-bond donors (Lipinski definition) is 2. The van der Waals surface area contributed by atoms with Gasteiger partial charge < -0.3 is 10.4 Å². The fourth-order valence-corrected chi connectivity index (χ4v) is 2.54. The lowest BCUT2D eigenvalue weighted by Gasteiger charge is -2.09. The summed E-state index contributed by atoms with van der Waals surface area (Å²) in [7, 11) is 0. The highest BCUT2D eigenvalue weighted by Gasteiger charge is 2.04. The fourth-order valence-electron chi connectivity index (χ4n) is 1.66. The van der Waals surface area contributed by atoms with Crippen LogP contribution in [0.3, 0.4) is 0 Å². The van der Waals surface area contributed by atoms with Crippen molar-refractivity contribution in [2.24, 2.45) is 0 Å². The number of rotatable bonds is 4. The van der Waals surface area contributed by atoms with E-state index in [-0.39, 0.29) is 6.10 Å². The van der Waals surface area contributed by atoms with Gasteiger partial charge in [0.15, 0.2) is 0 Å². The average Bonchev–Trinajstić information content (AvgIpc) is 2.29. The van der Waals surface area contributed by atoms with Crippen LogP contribution >= 0.6 is 27.5 Å². The summed E-state index contributed by atoms with van der Waals surface area (Å²) in [6.45, 7) is 2.45. The topological polar surface area (TPSA) is 45.1 Å². The van der Waals surface area contributed by atoms with E-state index in [0.717, 1.165) is 21.2 Å². The number of nitrogens with zero attached hydrogens (tertiary/aromatic N) is 1. The van der Waals surface area contributed by atoms with E-state index in [0.29, 0.717) is 18.0 Å². The van der Waals surface area contributed by atoms with Crippen LogP contribution in [-0.2, 0) is 0 Å². The Morgan fingerprint density at radius 3 is 2.94 bits per heavy atom. The van der Waals surface area contributed by atoms with E-state index in [9.17, 15) is 5.11 Å². The van der Waals surface area contributed by atoms with Crippen LogP contribution in [0.15, 0.2) is 28.7 Å². The minimum Gasteiger partial charge on any atom is -0.393 e. The van der Waals surface area contributed by atoms with Crippen molar-refractivity contribution in [2.45, 2.75) is 19.4 Å². The maximum absolute atomic E-state index is 9.19. The number of aliphatic hydroxyl groups is 1. The van der Waals surface area contributed by atoms with E-state index in [1.54, 1.807) is 6.92 Å². The van der Waals surface area contributed by atoms with Gasteiger partial charge in [-0.15, -0.1) is 0 Å². The van der Waals surface area contributed by atoms with Gasteiger partial charge in [0.2, 0.25) is 0 Å². The molecule has 1 atom stereocenters. The van der Waals surface area contributed by atoms with Crippen molar-refractivity contribution < 1.29 is 5.11 Å². The van der Waals surface area contributed by atoms with Crippen molar-refractivity contribution in [3.05, 3.63) is 33.8 Å². The number of aromatic nitrogens is 1. The number of hydrogen-bond acceptors (Lipinski definition) is 3. The van der Waals surface area contributed by atoms with Crippen molar-refractivity contribution in [1.29, 1.82) is 0 Å². The molecule has 2 N–H and O–H groups in total. The molecule has 5 heteroatoms. The molecule has 1 aromatic carbocycles. The normalized spacial score (nSPS) is 12.7. The van der Waals surface area contributed by atoms with E-state index < -0.39 is 0 Å². The molecule has 0 saturated carbocycles. The molecule has 0 saturated heterocycles. The van der Waals surface area contributed by atoms with Gasteiger partial charge in [0.1, 0.15) is 5.82 Å². The van der Waals surface area contributed by atoms with Crippen LogP contribution in [-0.4, -0.2) is 22.7 Å². The first-order chi connectivity index (χ1) is 8.56. The van der Waals surface area contributed by atoms with E-state index in [4.69, 9.17) is 11.6 Å². The Morgan fingerprint density at radius 2 is 2.22 bits per heavy atom. The van der Waals surface area contributed by atoms with Crippen LogP contribution in [0, 0.1) is 0 Å². The molecule has 1 aromatic heterocycles. The predicted molar refractivity (Wildman–Crippen MR) is 79.2 cm³/mol. The van der Waals surface area contributed by atoms with Gasteiger partial charge in [0.05, 0.1) is 16.6 Å². The number of pyridine rings is 1. The van der Waals surface area contributed by atoms with Crippen molar-refractivity contribution >= 4 is 44.3 Å². The lowest BCUT2D eigenvalue weighted by Crippen LogP contribution is -2.10. The van der Waals surface area contributed by atoms with Gasteiger partial charge in [-0.05, 0) is 37.6 Å². The van der Waals surface area contributed by atoms with Crippen LogP contribution in [0.5, 0.6) is 0 Å². The molecule has 18 heavy (non-hydrogen) atoms. The van der Waals surface area contributed by atoms with Crippen LogP contribution in [0.2, 0.25) is 5.02 Å². The smallest absolute Gasteiger partial charge is 0.126 e. The SMILES string of the molecule is CC(O)CCNc1ccc2cc(Br)cc(Cl)c2n1. The highest BCUT2D eigenvalue weighted by molar-refractivity contribution is 9.10. The summed E-state index contributed by atoms with van der Waals surface area (Å²) < 4.78 is 0.941. The maximum atomic E-state index is 9.19. The second-order valence-electron chi connectivity index (χ2n) is 4.22. The third kappa shape index (κ3) is 3.34. The molecule has 2 aromatic rings. The standard InChI is InChI=1S/C13H14BrClN2O/c1-8(18)4-5-16-12-3-2-9-6-10(14)7-11(15)13(9)17-12/h2-3,6-8,18H,4-5H2,1H3,(H,16,17). The van der Waals surface area contributed by atoms with Gasteiger partial charge in [0.25, 0.3) is 0 Å². The van der Waals surface area contributed by atoms with Gasteiger partial charge in [-0.25, -0.2) is 4.98 Å². The maximum Gasteiger partial charge on any atom is 0.126 e. The number of halogens is 2. The number of nitrogens with one attached hydrogen (secondary N) is 1. The third-order valence-electron chi connectivity index (χ3n) is 2.58. The third-order valence-corrected chi connectivity index (χ3v) is 3.32. The Balaban J connectivity index is 2.22. The first-order valence-electron chi connectivity index (χ1n) is 5.74. The molecule has 1 unspecified atom stereocenters. The average molecular weight is 330 g/mol. The summed E-state index contributed by atoms with van der Waals surface area (Å²) in [5.41, 5.74) is 0.780. The van der Waals surface area contributed by atoms with Gasteiger partial charge >= 0.3 is 0 Å². The minimum atomic E-state index is -0.308. The van der Waals surface area contributed by atoms with E-state index in [2.05, 4.69) is 26.2 Å². The van der Waals surface area contributed by atoms with E-state index in [1.807, 2.05) is 24.3 Å². The summed E-state index contributed by atoms with van der Waals surface area (Å²) in [4.78, 5) is 4.47. The lowest BCUT2D eigenvalue weighted by molar-refractivity contribution is 0.188. The zero-order chi connectivity index (χ0) is 13.1. The summed E-state index contributed by atoms with van der Waals surface area (Å²) in [6.07, 6.45) is 0.380. The monoisotopic (exact) mass is 328 g/mol. The van der Waals surface area contributed by atoms with E-state index in [1.165, 1.54) is 0 Å². The van der Waals surface area contributed by atoms with Crippen LogP contribution in [0.4, 0.5) is 5.82 Å². The molecule has 0 aliphatic rings. The first kappa shape index (κ1) is 13.6. The molecule has 0 aliphatic heterocycles. The Kier molecular flexibility index (Phi) is 4.43. The van der Waals surface area contributed by atoms with Gasteiger partial charge in [-0.3, -0.25) is 0 Å². The molecule has 0 aliphatic carbocycles. The van der Waals surface area contributed by atoms with Crippen molar-refractivity contribution in [1.82, 2.24) is 4.98 Å². The number of aliphatic hydroxyl groups excluding tert-OH is 1. The lowest BCUT2D eigenvalue weighted by atomic mass is 10.2. The predicted octanol–water partition coefficient (Wildman–Crippen LogP) is 3.83. The summed E-state index contributed by atoms with van der Waals surface area (Å²) in [6, 6.07) is 7.70. The van der Waals surface area contributed by atoms with Crippen molar-refractivity contribution in [2.75, 3.05) is 11.9 Å². The molecule has 0 spiro atoms. The van der Waals surface area contributed by atoms with Crippen LogP contribution in [0.1, 0.15) is 13.3 Å². The molecule has 0 fully saturated rings. The van der Waals surface area contributed by atoms with Crippen LogP contribution in [0.25, 0.3) is 10.9 Å². The van der Waals surface area contributed by atoms with Gasteiger partial charge in [-0.1, -0.05) is 27.5 Å². The Bertz CT molecular complexity index is 560. The zero-order valence-electron chi connectivity index (χ0n) is 9.95. The molecule has 0 bridgehead atoms. The number of fused-ring (bicyclic) bond motifs is 1. The van der Waals surface area contributed by atoms with E-state index >= 15 is 0 Å². The Hall–Kier alpha value is -0.840. The first-order valence-corrected chi connectivity index (χ1v) is 6.91. The molecule has 1 heterocycles.